The molecule has 0 saturated carbocycles. The lowest BCUT2D eigenvalue weighted by Crippen LogP contribution is -2.14. The summed E-state index contributed by atoms with van der Waals surface area (Å²) in [6, 6.07) is 14.4. The molecule has 0 atom stereocenters. The molecule has 0 aliphatic heterocycles. The predicted octanol–water partition coefficient (Wildman–Crippen LogP) is 3.74. The van der Waals surface area contributed by atoms with Gasteiger partial charge in [-0.3, -0.25) is 9.59 Å². The minimum absolute atomic E-state index is 0.0120. The zero-order chi connectivity index (χ0) is 20.1. The Bertz CT molecular complexity index is 1000. The highest BCUT2D eigenvalue weighted by Gasteiger charge is 2.14. The van der Waals surface area contributed by atoms with Crippen molar-refractivity contribution in [2.75, 3.05) is 16.9 Å². The molecule has 0 unspecified atom stereocenters. The molecule has 28 heavy (non-hydrogen) atoms. The number of nitrogens with zero attached hydrogens (tertiary/aromatic N) is 3. The van der Waals surface area contributed by atoms with E-state index in [0.717, 1.165) is 10.0 Å². The summed E-state index contributed by atoms with van der Waals surface area (Å²) >= 11 is 4.83. The molecular weight excluding hydrogens is 442 g/mol. The number of hydrogen-bond acceptors (Lipinski definition) is 6. The smallest absolute Gasteiger partial charge is 0.225 e. The topological polar surface area (TPSA) is 103 Å². The van der Waals surface area contributed by atoms with E-state index in [1.807, 2.05) is 24.3 Å². The lowest BCUT2D eigenvalue weighted by Gasteiger charge is -2.06. The predicted molar refractivity (Wildman–Crippen MR) is 114 cm³/mol. The van der Waals surface area contributed by atoms with Crippen LogP contribution in [-0.4, -0.2) is 32.3 Å². The van der Waals surface area contributed by atoms with Gasteiger partial charge in [-0.2, -0.15) is 0 Å². The Kier molecular flexibility index (Phi) is 6.48. The number of thioether (sulfide) groups is 1. The average Bonchev–Trinajstić information content (AvgIpc) is 3.03. The van der Waals surface area contributed by atoms with Crippen LogP contribution in [0, 0.1) is 0 Å². The highest BCUT2D eigenvalue weighted by Crippen LogP contribution is 2.28. The van der Waals surface area contributed by atoms with Gasteiger partial charge >= 0.3 is 0 Å². The molecule has 0 aliphatic carbocycles. The number of nitrogen functional groups attached to an aromatic ring is 1. The third-order valence-electron chi connectivity index (χ3n) is 3.91. The van der Waals surface area contributed by atoms with Gasteiger partial charge in [-0.1, -0.05) is 39.8 Å². The van der Waals surface area contributed by atoms with Crippen LogP contribution in [0.25, 0.3) is 11.4 Å². The fraction of sp³-hybridized carbons (Fsp3) is 0.158. The van der Waals surface area contributed by atoms with Crippen LogP contribution in [0.2, 0.25) is 0 Å². The number of amides is 1. The number of halogens is 1. The molecule has 0 saturated heterocycles. The Balaban J connectivity index is 1.54. The standard InChI is InChI=1S/C19H18BrN5O2S/c1-12(26)13-6-8-14(9-7-13)22-17(27)10-11-28-19-24-23-18(25(19)21)15-4-2-3-5-16(15)20/h2-9H,10-11,21H2,1H3,(H,22,27). The Morgan fingerprint density at radius 2 is 1.86 bits per heavy atom. The lowest BCUT2D eigenvalue weighted by atomic mass is 10.1. The van der Waals surface area contributed by atoms with Crippen LogP contribution >= 0.6 is 27.7 Å². The fourth-order valence-corrected chi connectivity index (χ4v) is 3.70. The molecule has 3 rings (SSSR count). The third kappa shape index (κ3) is 4.79. The van der Waals surface area contributed by atoms with Crippen LogP contribution in [0.5, 0.6) is 0 Å². The maximum absolute atomic E-state index is 12.1. The molecule has 1 amide bonds. The van der Waals surface area contributed by atoms with Crippen LogP contribution in [0.3, 0.4) is 0 Å². The number of Topliss-reactive ketones (excluding diaryl/α,β-unsaturated/α-hetero) is 1. The summed E-state index contributed by atoms with van der Waals surface area (Å²) in [5.41, 5.74) is 2.10. The van der Waals surface area contributed by atoms with E-state index in [1.54, 1.807) is 24.3 Å². The van der Waals surface area contributed by atoms with Crippen LogP contribution in [0.15, 0.2) is 58.2 Å². The van der Waals surface area contributed by atoms with Gasteiger partial charge in [-0.25, -0.2) is 4.68 Å². The van der Waals surface area contributed by atoms with Gasteiger partial charge in [0, 0.05) is 33.5 Å². The van der Waals surface area contributed by atoms with E-state index in [0.29, 0.717) is 28.0 Å². The number of hydrogen-bond donors (Lipinski definition) is 2. The van der Waals surface area contributed by atoms with E-state index < -0.39 is 0 Å². The first kappa shape index (κ1) is 20.1. The molecule has 0 aliphatic rings. The molecule has 0 radical (unpaired) electrons. The third-order valence-corrected chi connectivity index (χ3v) is 5.55. The monoisotopic (exact) mass is 459 g/mol. The van der Waals surface area contributed by atoms with Gasteiger partial charge in [-0.05, 0) is 43.3 Å². The zero-order valence-corrected chi connectivity index (χ0v) is 17.5. The summed E-state index contributed by atoms with van der Waals surface area (Å²) in [5, 5.41) is 11.6. The quantitative estimate of drug-likeness (QED) is 0.316. The highest BCUT2D eigenvalue weighted by atomic mass is 79.9. The summed E-state index contributed by atoms with van der Waals surface area (Å²) in [5.74, 6) is 7.01. The second-order valence-corrected chi connectivity index (χ2v) is 7.85. The number of nitrogens with two attached hydrogens (primary N) is 1. The lowest BCUT2D eigenvalue weighted by molar-refractivity contribution is -0.115. The molecule has 3 aromatic rings. The molecule has 0 spiro atoms. The number of nitrogens with one attached hydrogen (secondary N) is 1. The first-order valence-electron chi connectivity index (χ1n) is 8.44. The van der Waals surface area contributed by atoms with E-state index in [2.05, 4.69) is 31.4 Å². The van der Waals surface area contributed by atoms with Crippen molar-refractivity contribution in [3.05, 3.63) is 58.6 Å². The van der Waals surface area contributed by atoms with Crippen molar-refractivity contribution >= 4 is 45.1 Å². The first-order valence-corrected chi connectivity index (χ1v) is 10.2. The van der Waals surface area contributed by atoms with Gasteiger partial charge in [0.05, 0.1) is 0 Å². The van der Waals surface area contributed by atoms with Crippen LogP contribution in [0.1, 0.15) is 23.7 Å². The van der Waals surface area contributed by atoms with Crippen molar-refractivity contribution in [3.63, 3.8) is 0 Å². The van der Waals surface area contributed by atoms with Crippen molar-refractivity contribution in [3.8, 4) is 11.4 Å². The first-order chi connectivity index (χ1) is 13.5. The van der Waals surface area contributed by atoms with Crippen LogP contribution in [-0.2, 0) is 4.79 Å². The number of carbonyl (C=O) groups is 2. The molecule has 7 nitrogen and oxygen atoms in total. The van der Waals surface area contributed by atoms with E-state index in [-0.39, 0.29) is 18.1 Å². The van der Waals surface area contributed by atoms with E-state index in [4.69, 9.17) is 5.84 Å². The summed E-state index contributed by atoms with van der Waals surface area (Å²) in [6.45, 7) is 1.50. The molecular formula is C19H18BrN5O2S. The van der Waals surface area contributed by atoms with Crippen molar-refractivity contribution in [2.24, 2.45) is 0 Å². The van der Waals surface area contributed by atoms with Crippen LogP contribution in [0.4, 0.5) is 5.69 Å². The molecule has 144 valence electrons. The Hall–Kier alpha value is -2.65. The number of ketones is 1. The molecule has 0 bridgehead atoms. The van der Waals surface area contributed by atoms with Gasteiger partial charge in [0.1, 0.15) is 0 Å². The number of carbonyl (C=O) groups excluding carboxylic acids is 2. The summed E-state index contributed by atoms with van der Waals surface area (Å²) in [7, 11) is 0. The van der Waals surface area contributed by atoms with E-state index in [9.17, 15) is 9.59 Å². The number of benzene rings is 2. The van der Waals surface area contributed by atoms with Gasteiger partial charge < -0.3 is 11.2 Å². The summed E-state index contributed by atoms with van der Waals surface area (Å²) in [6.07, 6.45) is 0.288. The SMILES string of the molecule is CC(=O)c1ccc(NC(=O)CCSc2nnc(-c3ccccc3Br)n2N)cc1. The second-order valence-electron chi connectivity index (χ2n) is 5.94. The van der Waals surface area contributed by atoms with Crippen molar-refractivity contribution in [1.82, 2.24) is 14.9 Å². The number of anilines is 1. The fourth-order valence-electron chi connectivity index (χ4n) is 2.45. The largest absolute Gasteiger partial charge is 0.335 e. The number of rotatable bonds is 7. The van der Waals surface area contributed by atoms with Crippen molar-refractivity contribution in [1.29, 1.82) is 0 Å². The molecule has 9 heteroatoms. The van der Waals surface area contributed by atoms with E-state index >= 15 is 0 Å². The Morgan fingerprint density at radius 1 is 1.14 bits per heavy atom. The highest BCUT2D eigenvalue weighted by molar-refractivity contribution is 9.10. The van der Waals surface area contributed by atoms with Crippen LogP contribution < -0.4 is 11.2 Å². The maximum Gasteiger partial charge on any atom is 0.225 e. The van der Waals surface area contributed by atoms with Crippen molar-refractivity contribution in [2.45, 2.75) is 18.5 Å². The van der Waals surface area contributed by atoms with Gasteiger partial charge in [-0.15, -0.1) is 10.2 Å². The molecule has 0 fully saturated rings. The summed E-state index contributed by atoms with van der Waals surface area (Å²) in [4.78, 5) is 23.4. The molecule has 1 heterocycles. The minimum atomic E-state index is -0.128. The molecule has 2 aromatic carbocycles. The maximum atomic E-state index is 12.1. The average molecular weight is 460 g/mol. The van der Waals surface area contributed by atoms with Gasteiger partial charge in [0.25, 0.3) is 0 Å². The Morgan fingerprint density at radius 3 is 2.54 bits per heavy atom. The zero-order valence-electron chi connectivity index (χ0n) is 15.1. The second kappa shape index (κ2) is 9.03. The van der Waals surface area contributed by atoms with E-state index in [1.165, 1.54) is 23.4 Å². The summed E-state index contributed by atoms with van der Waals surface area (Å²) < 4.78 is 2.30. The van der Waals surface area contributed by atoms with Gasteiger partial charge in [0.2, 0.25) is 11.1 Å². The minimum Gasteiger partial charge on any atom is -0.335 e. The number of aromatic nitrogens is 3. The normalized spacial score (nSPS) is 10.6. The van der Waals surface area contributed by atoms with Crippen molar-refractivity contribution < 1.29 is 9.59 Å². The molecule has 1 aromatic heterocycles. The molecule has 3 N–H and O–H groups in total. The Labute approximate surface area is 174 Å². The van der Waals surface area contributed by atoms with Gasteiger partial charge in [0.15, 0.2) is 11.6 Å².